The van der Waals surface area contributed by atoms with Gasteiger partial charge in [-0.1, -0.05) is 0 Å². The molecule has 0 unspecified atom stereocenters. The van der Waals surface area contributed by atoms with Crippen molar-refractivity contribution in [2.24, 2.45) is 0 Å². The highest BCUT2D eigenvalue weighted by molar-refractivity contribution is 5.94. The van der Waals surface area contributed by atoms with E-state index in [1.807, 2.05) is 19.1 Å². The summed E-state index contributed by atoms with van der Waals surface area (Å²) in [4.78, 5) is 26.4. The fourth-order valence-electron chi connectivity index (χ4n) is 3.10. The standard InChI is InChI=1S/C21H24FN3O3/c1-2-28-19-9-7-17(8-10-19)24-21(27)25-13-11-18(12-14-25)23-20(26)15-3-5-16(22)6-4-15/h3-10,18H,2,11-14H2,1H3,(H,23,26)(H,24,27). The molecule has 0 radical (unpaired) electrons. The summed E-state index contributed by atoms with van der Waals surface area (Å²) in [5.74, 6) is 0.166. The average Bonchev–Trinajstić information content (AvgIpc) is 2.70. The monoisotopic (exact) mass is 385 g/mol. The second-order valence-electron chi connectivity index (χ2n) is 6.63. The van der Waals surface area contributed by atoms with Gasteiger partial charge in [0.05, 0.1) is 6.61 Å². The van der Waals surface area contributed by atoms with Gasteiger partial charge >= 0.3 is 6.03 Å². The van der Waals surface area contributed by atoms with Crippen molar-refractivity contribution in [3.05, 3.63) is 59.9 Å². The van der Waals surface area contributed by atoms with Gasteiger partial charge in [0.15, 0.2) is 0 Å². The van der Waals surface area contributed by atoms with Crippen molar-refractivity contribution in [2.45, 2.75) is 25.8 Å². The third-order valence-electron chi connectivity index (χ3n) is 4.64. The molecular formula is C21H24FN3O3. The van der Waals surface area contributed by atoms with Gasteiger partial charge in [-0.15, -0.1) is 0 Å². The van der Waals surface area contributed by atoms with Crippen LogP contribution in [0.3, 0.4) is 0 Å². The van der Waals surface area contributed by atoms with Crippen LogP contribution in [0.25, 0.3) is 0 Å². The summed E-state index contributed by atoms with van der Waals surface area (Å²) in [6.07, 6.45) is 1.34. The molecule has 2 aromatic rings. The lowest BCUT2D eigenvalue weighted by molar-refractivity contribution is 0.0919. The van der Waals surface area contributed by atoms with Crippen molar-refractivity contribution in [3.8, 4) is 5.75 Å². The molecule has 1 aliphatic rings. The van der Waals surface area contributed by atoms with Gasteiger partial charge in [-0.3, -0.25) is 4.79 Å². The molecule has 2 aromatic carbocycles. The number of anilines is 1. The maximum atomic E-state index is 13.0. The van der Waals surface area contributed by atoms with Gasteiger partial charge in [0, 0.05) is 30.4 Å². The molecule has 0 atom stereocenters. The number of piperidine rings is 1. The third kappa shape index (κ3) is 5.22. The highest BCUT2D eigenvalue weighted by Crippen LogP contribution is 2.17. The van der Waals surface area contributed by atoms with Crippen molar-refractivity contribution in [1.29, 1.82) is 0 Å². The van der Waals surface area contributed by atoms with Crippen LogP contribution in [0.2, 0.25) is 0 Å². The van der Waals surface area contributed by atoms with Crippen LogP contribution in [-0.4, -0.2) is 42.6 Å². The third-order valence-corrected chi connectivity index (χ3v) is 4.64. The lowest BCUT2D eigenvalue weighted by atomic mass is 10.0. The molecule has 2 N–H and O–H groups in total. The van der Waals surface area contributed by atoms with E-state index in [1.54, 1.807) is 17.0 Å². The van der Waals surface area contributed by atoms with Crippen LogP contribution in [-0.2, 0) is 0 Å². The molecule has 7 heteroatoms. The molecule has 0 aromatic heterocycles. The van der Waals surface area contributed by atoms with E-state index in [9.17, 15) is 14.0 Å². The van der Waals surface area contributed by atoms with Crippen LogP contribution in [0.15, 0.2) is 48.5 Å². The van der Waals surface area contributed by atoms with Crippen LogP contribution in [0.1, 0.15) is 30.1 Å². The van der Waals surface area contributed by atoms with Gasteiger partial charge in [-0.05, 0) is 68.3 Å². The zero-order valence-electron chi connectivity index (χ0n) is 15.8. The highest BCUT2D eigenvalue weighted by Gasteiger charge is 2.24. The number of ether oxygens (including phenoxy) is 1. The second-order valence-corrected chi connectivity index (χ2v) is 6.63. The zero-order valence-corrected chi connectivity index (χ0v) is 15.8. The molecule has 6 nitrogen and oxygen atoms in total. The number of hydrogen-bond acceptors (Lipinski definition) is 3. The van der Waals surface area contributed by atoms with Crippen molar-refractivity contribution < 1.29 is 18.7 Å². The zero-order chi connectivity index (χ0) is 19.9. The molecule has 3 rings (SSSR count). The minimum atomic E-state index is -0.372. The van der Waals surface area contributed by atoms with E-state index in [-0.39, 0.29) is 23.8 Å². The van der Waals surface area contributed by atoms with E-state index in [4.69, 9.17) is 4.74 Å². The molecule has 0 bridgehead atoms. The van der Waals surface area contributed by atoms with Crippen LogP contribution >= 0.6 is 0 Å². The van der Waals surface area contributed by atoms with Gasteiger partial charge in [-0.25, -0.2) is 9.18 Å². The Morgan fingerprint density at radius 1 is 1.07 bits per heavy atom. The number of halogens is 1. The van der Waals surface area contributed by atoms with E-state index in [0.29, 0.717) is 43.8 Å². The molecule has 28 heavy (non-hydrogen) atoms. The Hall–Kier alpha value is -3.09. The number of likely N-dealkylation sites (tertiary alicyclic amines) is 1. The fraction of sp³-hybridized carbons (Fsp3) is 0.333. The van der Waals surface area contributed by atoms with Gasteiger partial charge in [0.1, 0.15) is 11.6 Å². The summed E-state index contributed by atoms with van der Waals surface area (Å²) < 4.78 is 18.3. The minimum Gasteiger partial charge on any atom is -0.494 e. The molecular weight excluding hydrogens is 361 g/mol. The number of carbonyl (C=O) groups is 2. The van der Waals surface area contributed by atoms with E-state index < -0.39 is 0 Å². The summed E-state index contributed by atoms with van der Waals surface area (Å²) >= 11 is 0. The maximum Gasteiger partial charge on any atom is 0.321 e. The molecule has 1 heterocycles. The molecule has 3 amide bonds. The lowest BCUT2D eigenvalue weighted by Gasteiger charge is -2.32. The summed E-state index contributed by atoms with van der Waals surface area (Å²) in [5.41, 5.74) is 1.14. The summed E-state index contributed by atoms with van der Waals surface area (Å²) in [7, 11) is 0. The van der Waals surface area contributed by atoms with Gasteiger partial charge in [0.25, 0.3) is 5.91 Å². The van der Waals surface area contributed by atoms with E-state index >= 15 is 0 Å². The molecule has 0 spiro atoms. The Bertz CT molecular complexity index is 801. The Balaban J connectivity index is 1.45. The SMILES string of the molecule is CCOc1ccc(NC(=O)N2CCC(NC(=O)c3ccc(F)cc3)CC2)cc1. The van der Waals surface area contributed by atoms with Gasteiger partial charge in [0.2, 0.25) is 0 Å². The normalized spacial score (nSPS) is 14.4. The molecule has 148 valence electrons. The number of amides is 3. The Morgan fingerprint density at radius 2 is 1.71 bits per heavy atom. The van der Waals surface area contributed by atoms with Crippen molar-refractivity contribution in [3.63, 3.8) is 0 Å². The highest BCUT2D eigenvalue weighted by atomic mass is 19.1. The average molecular weight is 385 g/mol. The summed E-state index contributed by atoms with van der Waals surface area (Å²) in [6.45, 7) is 3.62. The lowest BCUT2D eigenvalue weighted by Crippen LogP contribution is -2.47. The quantitative estimate of drug-likeness (QED) is 0.825. The topological polar surface area (TPSA) is 70.7 Å². The molecule has 1 aliphatic heterocycles. The Morgan fingerprint density at radius 3 is 2.32 bits per heavy atom. The van der Waals surface area contributed by atoms with Crippen molar-refractivity contribution in [2.75, 3.05) is 25.0 Å². The second kappa shape index (κ2) is 9.21. The molecule has 1 fully saturated rings. The van der Waals surface area contributed by atoms with Crippen LogP contribution < -0.4 is 15.4 Å². The fourth-order valence-corrected chi connectivity index (χ4v) is 3.10. The van der Waals surface area contributed by atoms with Crippen molar-refractivity contribution in [1.82, 2.24) is 10.2 Å². The maximum absolute atomic E-state index is 13.0. The number of carbonyl (C=O) groups excluding carboxylic acids is 2. The minimum absolute atomic E-state index is 0.00733. The van der Waals surface area contributed by atoms with Crippen molar-refractivity contribution >= 4 is 17.6 Å². The van der Waals surface area contributed by atoms with Crippen LogP contribution in [0.4, 0.5) is 14.9 Å². The largest absolute Gasteiger partial charge is 0.494 e. The smallest absolute Gasteiger partial charge is 0.321 e. The van der Waals surface area contributed by atoms with Gasteiger partial charge < -0.3 is 20.3 Å². The van der Waals surface area contributed by atoms with E-state index in [1.165, 1.54) is 24.3 Å². The summed E-state index contributed by atoms with van der Waals surface area (Å²) in [5, 5.41) is 5.82. The van der Waals surface area contributed by atoms with Crippen LogP contribution in [0, 0.1) is 5.82 Å². The Kier molecular flexibility index (Phi) is 6.47. The number of nitrogens with zero attached hydrogens (tertiary/aromatic N) is 1. The predicted octanol–water partition coefficient (Wildman–Crippen LogP) is 3.65. The first-order valence-corrected chi connectivity index (χ1v) is 9.40. The number of hydrogen-bond donors (Lipinski definition) is 2. The van der Waals surface area contributed by atoms with E-state index in [0.717, 1.165) is 5.75 Å². The number of urea groups is 1. The molecule has 1 saturated heterocycles. The number of nitrogens with one attached hydrogen (secondary N) is 2. The predicted molar refractivity (Wildman–Crippen MR) is 105 cm³/mol. The number of rotatable bonds is 5. The van der Waals surface area contributed by atoms with Crippen LogP contribution in [0.5, 0.6) is 5.75 Å². The first kappa shape index (κ1) is 19.7. The first-order chi connectivity index (χ1) is 13.5. The van der Waals surface area contributed by atoms with E-state index in [2.05, 4.69) is 10.6 Å². The Labute approximate surface area is 163 Å². The molecule has 0 aliphatic carbocycles. The van der Waals surface area contributed by atoms with Gasteiger partial charge in [-0.2, -0.15) is 0 Å². The summed E-state index contributed by atoms with van der Waals surface area (Å²) in [6, 6.07) is 12.5. The molecule has 0 saturated carbocycles. The number of benzene rings is 2. The first-order valence-electron chi connectivity index (χ1n) is 9.40.